The Morgan fingerprint density at radius 2 is 2.09 bits per heavy atom. The van der Waals surface area contributed by atoms with Gasteiger partial charge in [-0.05, 0) is 37.5 Å². The van der Waals surface area contributed by atoms with E-state index in [9.17, 15) is 19.7 Å². The van der Waals surface area contributed by atoms with Crippen LogP contribution in [0.15, 0.2) is 24.3 Å². The summed E-state index contributed by atoms with van der Waals surface area (Å²) in [6, 6.07) is 5.16. The minimum absolute atomic E-state index is 0.0645. The average molecular weight is 319 g/mol. The summed E-state index contributed by atoms with van der Waals surface area (Å²) >= 11 is 0. The van der Waals surface area contributed by atoms with Gasteiger partial charge in [0.15, 0.2) is 0 Å². The Bertz CT molecular complexity index is 654. The zero-order valence-corrected chi connectivity index (χ0v) is 12.7. The van der Waals surface area contributed by atoms with Gasteiger partial charge in [-0.25, -0.2) is 4.79 Å². The van der Waals surface area contributed by atoms with Gasteiger partial charge in [0, 0.05) is 18.7 Å². The quantitative estimate of drug-likeness (QED) is 0.515. The second-order valence-corrected chi connectivity index (χ2v) is 5.91. The number of imide groups is 1. The largest absolute Gasteiger partial charge is 0.376 e. The molecule has 0 radical (unpaired) electrons. The van der Waals surface area contributed by atoms with Crippen LogP contribution in [0.4, 0.5) is 10.5 Å². The maximum Gasteiger partial charge on any atom is 0.325 e. The number of nitro groups is 1. The van der Waals surface area contributed by atoms with Gasteiger partial charge in [0.2, 0.25) is 0 Å². The number of ether oxygens (including phenoxy) is 1. The molecule has 1 aromatic carbocycles. The lowest BCUT2D eigenvalue weighted by Crippen LogP contribution is -2.42. The molecule has 1 N–H and O–H groups in total. The molecule has 2 fully saturated rings. The van der Waals surface area contributed by atoms with Crippen LogP contribution in [-0.4, -0.2) is 41.0 Å². The predicted molar refractivity (Wildman–Crippen MR) is 79.7 cm³/mol. The number of carbonyl (C=O) groups excluding carboxylic acids is 2. The van der Waals surface area contributed by atoms with Crippen molar-refractivity contribution >= 4 is 17.6 Å². The van der Waals surface area contributed by atoms with Gasteiger partial charge in [-0.2, -0.15) is 0 Å². The number of hydrogen-bond acceptors (Lipinski definition) is 5. The molecule has 2 aliphatic heterocycles. The van der Waals surface area contributed by atoms with Gasteiger partial charge < -0.3 is 10.1 Å². The van der Waals surface area contributed by atoms with Crippen molar-refractivity contribution < 1.29 is 19.2 Å². The van der Waals surface area contributed by atoms with Crippen molar-refractivity contribution in [3.8, 4) is 0 Å². The Kier molecular flexibility index (Phi) is 3.77. The molecule has 3 amide bonds. The summed E-state index contributed by atoms with van der Waals surface area (Å²) in [4.78, 5) is 36.2. The van der Waals surface area contributed by atoms with Crippen LogP contribution in [0.2, 0.25) is 0 Å². The van der Waals surface area contributed by atoms with E-state index in [-0.39, 0.29) is 24.2 Å². The number of rotatable bonds is 4. The third kappa shape index (κ3) is 2.65. The van der Waals surface area contributed by atoms with Crippen molar-refractivity contribution in [3.05, 3.63) is 39.9 Å². The number of urea groups is 1. The van der Waals surface area contributed by atoms with Crippen LogP contribution < -0.4 is 5.32 Å². The lowest BCUT2D eigenvalue weighted by Gasteiger charge is -2.23. The Labute approximate surface area is 132 Å². The van der Waals surface area contributed by atoms with Crippen molar-refractivity contribution in [1.82, 2.24) is 10.2 Å². The van der Waals surface area contributed by atoms with E-state index in [1.165, 1.54) is 24.3 Å². The molecule has 1 aromatic rings. The molecule has 122 valence electrons. The molecule has 2 atom stereocenters. The summed E-state index contributed by atoms with van der Waals surface area (Å²) in [6.45, 7) is 2.48. The highest BCUT2D eigenvalue weighted by Crippen LogP contribution is 2.30. The first kappa shape index (κ1) is 15.4. The number of nitro benzene ring substituents is 1. The van der Waals surface area contributed by atoms with Crippen LogP contribution in [0.3, 0.4) is 0 Å². The molecule has 23 heavy (non-hydrogen) atoms. The fourth-order valence-corrected chi connectivity index (χ4v) is 2.97. The molecule has 2 aliphatic rings. The Morgan fingerprint density at radius 3 is 2.65 bits per heavy atom. The summed E-state index contributed by atoms with van der Waals surface area (Å²) in [5, 5.41) is 13.4. The summed E-state index contributed by atoms with van der Waals surface area (Å²) in [7, 11) is 0. The van der Waals surface area contributed by atoms with Gasteiger partial charge in [0.1, 0.15) is 5.54 Å². The van der Waals surface area contributed by atoms with Crippen LogP contribution in [0.5, 0.6) is 0 Å². The average Bonchev–Trinajstić information content (AvgIpc) is 3.11. The number of nitrogens with one attached hydrogen (secondary N) is 1. The van der Waals surface area contributed by atoms with Crippen molar-refractivity contribution in [2.24, 2.45) is 0 Å². The summed E-state index contributed by atoms with van der Waals surface area (Å²) in [5.74, 6) is -0.369. The highest BCUT2D eigenvalue weighted by atomic mass is 16.6. The molecule has 2 unspecified atom stereocenters. The van der Waals surface area contributed by atoms with Gasteiger partial charge in [-0.15, -0.1) is 0 Å². The van der Waals surface area contributed by atoms with Crippen molar-refractivity contribution in [2.45, 2.75) is 31.4 Å². The van der Waals surface area contributed by atoms with Crippen molar-refractivity contribution in [1.29, 1.82) is 0 Å². The van der Waals surface area contributed by atoms with Crippen LogP contribution in [0, 0.1) is 10.1 Å². The first-order valence-corrected chi connectivity index (χ1v) is 7.42. The zero-order chi connectivity index (χ0) is 16.6. The normalized spacial score (nSPS) is 27.3. The first-order valence-electron chi connectivity index (χ1n) is 7.42. The maximum absolute atomic E-state index is 12.7. The fraction of sp³-hybridized carbons (Fsp3) is 0.467. The third-order valence-corrected chi connectivity index (χ3v) is 4.34. The summed E-state index contributed by atoms with van der Waals surface area (Å²) in [5.41, 5.74) is -0.771. The number of non-ortho nitro benzene ring substituents is 1. The molecule has 8 nitrogen and oxygen atoms in total. The van der Waals surface area contributed by atoms with Crippen LogP contribution >= 0.6 is 0 Å². The van der Waals surface area contributed by atoms with E-state index in [1.54, 1.807) is 6.92 Å². The van der Waals surface area contributed by atoms with Crippen LogP contribution in [0.1, 0.15) is 25.3 Å². The van der Waals surface area contributed by atoms with Crippen molar-refractivity contribution in [3.63, 3.8) is 0 Å². The van der Waals surface area contributed by atoms with E-state index in [2.05, 4.69) is 5.32 Å². The second kappa shape index (κ2) is 5.62. The topological polar surface area (TPSA) is 102 Å². The van der Waals surface area contributed by atoms with Crippen LogP contribution in [-0.2, 0) is 15.1 Å². The molecule has 0 aliphatic carbocycles. The van der Waals surface area contributed by atoms with E-state index in [0.29, 0.717) is 12.2 Å². The molecule has 0 saturated carbocycles. The van der Waals surface area contributed by atoms with Crippen LogP contribution in [0.25, 0.3) is 0 Å². The number of amides is 3. The number of hydrogen-bond donors (Lipinski definition) is 1. The highest BCUT2D eigenvalue weighted by Gasteiger charge is 2.49. The van der Waals surface area contributed by atoms with Gasteiger partial charge in [0.05, 0.1) is 17.6 Å². The molecule has 2 heterocycles. The Balaban J connectivity index is 1.82. The van der Waals surface area contributed by atoms with E-state index in [4.69, 9.17) is 4.74 Å². The number of nitrogens with zero attached hydrogens (tertiary/aromatic N) is 2. The second-order valence-electron chi connectivity index (χ2n) is 5.91. The lowest BCUT2D eigenvalue weighted by atomic mass is 9.92. The SMILES string of the molecule is CC1(c2ccc([N+](=O)[O-])cc2)NC(=O)N(CC2CCCO2)C1=O. The summed E-state index contributed by atoms with van der Waals surface area (Å²) < 4.78 is 5.48. The standard InChI is InChI=1S/C15H17N3O5/c1-15(10-4-6-11(7-5-10)18(21)22)13(19)17(14(20)16-15)9-12-3-2-8-23-12/h4-7,12H,2-3,8-9H2,1H3,(H,16,20). The van der Waals surface area contributed by atoms with Crippen molar-refractivity contribution in [2.75, 3.05) is 13.2 Å². The maximum atomic E-state index is 12.7. The monoisotopic (exact) mass is 319 g/mol. The molecule has 0 bridgehead atoms. The van der Waals surface area contributed by atoms with E-state index >= 15 is 0 Å². The Hall–Kier alpha value is -2.48. The number of carbonyl (C=O) groups is 2. The molecule has 2 saturated heterocycles. The lowest BCUT2D eigenvalue weighted by molar-refractivity contribution is -0.384. The van der Waals surface area contributed by atoms with Gasteiger partial charge in [-0.3, -0.25) is 19.8 Å². The summed E-state index contributed by atoms with van der Waals surface area (Å²) in [6.07, 6.45) is 1.63. The predicted octanol–water partition coefficient (Wildman–Crippen LogP) is 1.54. The fourth-order valence-electron chi connectivity index (χ4n) is 2.97. The molecular formula is C15H17N3O5. The molecular weight excluding hydrogens is 302 g/mol. The van der Waals surface area contributed by atoms with E-state index < -0.39 is 16.5 Å². The van der Waals surface area contributed by atoms with Gasteiger partial charge in [0.25, 0.3) is 11.6 Å². The van der Waals surface area contributed by atoms with Gasteiger partial charge >= 0.3 is 6.03 Å². The van der Waals surface area contributed by atoms with E-state index in [1.807, 2.05) is 0 Å². The Morgan fingerprint density at radius 1 is 1.39 bits per heavy atom. The van der Waals surface area contributed by atoms with E-state index in [0.717, 1.165) is 17.7 Å². The minimum Gasteiger partial charge on any atom is -0.376 e. The third-order valence-electron chi connectivity index (χ3n) is 4.34. The minimum atomic E-state index is -1.22. The molecule has 8 heteroatoms. The van der Waals surface area contributed by atoms with Gasteiger partial charge in [-0.1, -0.05) is 0 Å². The molecule has 0 aromatic heterocycles. The number of benzene rings is 1. The molecule has 0 spiro atoms. The smallest absolute Gasteiger partial charge is 0.325 e. The molecule has 3 rings (SSSR count). The first-order chi connectivity index (χ1) is 10.9. The highest BCUT2D eigenvalue weighted by molar-refractivity contribution is 6.07. The zero-order valence-electron chi connectivity index (χ0n) is 12.7.